The molecule has 218 valence electrons. The molecule has 40 heavy (non-hydrogen) atoms. The SMILES string of the molecule is C=CCN(CCCC)C(=O)C1N([C@@H](CC)CO)C(=O)[C@@H]2[C@H](C(=O)N(CC=C)c3ccccc3)[C@@]3(C)OC12CC3C. The first-order valence-corrected chi connectivity index (χ1v) is 14.7. The maximum atomic E-state index is 14.5. The fourth-order valence-electron chi connectivity index (χ4n) is 7.34. The number of unbranched alkanes of at least 4 members (excludes halogenated alkanes) is 1. The van der Waals surface area contributed by atoms with Crippen molar-refractivity contribution in [1.82, 2.24) is 9.80 Å². The highest BCUT2D eigenvalue weighted by atomic mass is 16.5. The average Bonchev–Trinajstić information content (AvgIpc) is 3.47. The molecule has 1 aromatic carbocycles. The molecule has 3 fully saturated rings. The zero-order valence-corrected chi connectivity index (χ0v) is 24.4. The van der Waals surface area contributed by atoms with Crippen LogP contribution in [0.25, 0.3) is 0 Å². The molecular formula is C32H45N3O5. The van der Waals surface area contributed by atoms with Gasteiger partial charge in [-0.05, 0) is 44.2 Å². The standard InChI is InChI=1S/C32H45N3O5/c1-7-11-19-33(17-8-2)30(39)27-32-20-22(5)31(6,40-32)25(26(32)29(38)35(27)23(10-4)21-36)28(37)34(18-9-3)24-15-13-12-14-16-24/h8-9,12-16,22-23,25-27,36H,2-3,7,10-11,17-21H2,1,4-6H3/t22?,23-,25+,26-,27?,31-,32?/m0/s1. The molecule has 3 unspecified atom stereocenters. The predicted octanol–water partition coefficient (Wildman–Crippen LogP) is 3.80. The summed E-state index contributed by atoms with van der Waals surface area (Å²) in [6, 6.07) is 7.88. The molecule has 0 radical (unpaired) electrons. The van der Waals surface area contributed by atoms with Gasteiger partial charge < -0.3 is 24.5 Å². The van der Waals surface area contributed by atoms with Crippen LogP contribution < -0.4 is 4.90 Å². The number of para-hydroxylation sites is 1. The van der Waals surface area contributed by atoms with Crippen LogP contribution in [0.3, 0.4) is 0 Å². The molecule has 3 aliphatic rings. The number of fused-ring (bicyclic) bond motifs is 1. The van der Waals surface area contributed by atoms with E-state index in [4.69, 9.17) is 4.74 Å². The normalized spacial score (nSPS) is 31.1. The van der Waals surface area contributed by atoms with E-state index in [1.807, 2.05) is 51.1 Å². The Morgan fingerprint density at radius 1 is 1.18 bits per heavy atom. The number of benzene rings is 1. The lowest BCUT2D eigenvalue weighted by Crippen LogP contribution is -2.59. The molecule has 3 aliphatic heterocycles. The smallest absolute Gasteiger partial charge is 0.248 e. The van der Waals surface area contributed by atoms with Gasteiger partial charge in [-0.25, -0.2) is 0 Å². The number of anilines is 1. The third-order valence-electron chi connectivity index (χ3n) is 9.42. The molecule has 4 rings (SSSR count). The van der Waals surface area contributed by atoms with Gasteiger partial charge in [0.25, 0.3) is 0 Å². The quantitative estimate of drug-likeness (QED) is 0.377. The van der Waals surface area contributed by atoms with Crippen LogP contribution in [0.15, 0.2) is 55.6 Å². The van der Waals surface area contributed by atoms with Crippen LogP contribution in [0.5, 0.6) is 0 Å². The van der Waals surface area contributed by atoms with E-state index in [0.717, 1.165) is 12.8 Å². The third kappa shape index (κ3) is 4.59. The monoisotopic (exact) mass is 551 g/mol. The van der Waals surface area contributed by atoms with Crippen LogP contribution in [0.4, 0.5) is 5.69 Å². The highest BCUT2D eigenvalue weighted by molar-refractivity contribution is 6.03. The topological polar surface area (TPSA) is 90.4 Å². The Hall–Kier alpha value is -2.97. The van der Waals surface area contributed by atoms with Crippen molar-refractivity contribution < 1.29 is 24.2 Å². The average molecular weight is 552 g/mol. The van der Waals surface area contributed by atoms with Gasteiger partial charge in [-0.15, -0.1) is 13.2 Å². The van der Waals surface area contributed by atoms with Gasteiger partial charge in [-0.1, -0.05) is 57.5 Å². The summed E-state index contributed by atoms with van der Waals surface area (Å²) in [5, 5.41) is 10.3. The molecule has 8 heteroatoms. The largest absolute Gasteiger partial charge is 0.394 e. The van der Waals surface area contributed by atoms with Crippen molar-refractivity contribution in [3.05, 3.63) is 55.6 Å². The van der Waals surface area contributed by atoms with Crippen LogP contribution in [0.2, 0.25) is 0 Å². The van der Waals surface area contributed by atoms with E-state index in [0.29, 0.717) is 31.6 Å². The van der Waals surface area contributed by atoms with Crippen LogP contribution in [-0.4, -0.2) is 82.2 Å². The summed E-state index contributed by atoms with van der Waals surface area (Å²) in [6.07, 6.45) is 6.07. The zero-order chi connectivity index (χ0) is 29.2. The van der Waals surface area contributed by atoms with Crippen LogP contribution in [-0.2, 0) is 19.1 Å². The second-order valence-corrected chi connectivity index (χ2v) is 11.7. The Morgan fingerprint density at radius 3 is 2.42 bits per heavy atom. The van der Waals surface area contributed by atoms with Crippen molar-refractivity contribution in [1.29, 1.82) is 0 Å². The predicted molar refractivity (Wildman–Crippen MR) is 155 cm³/mol. The summed E-state index contributed by atoms with van der Waals surface area (Å²) in [7, 11) is 0. The molecular weight excluding hydrogens is 506 g/mol. The van der Waals surface area contributed by atoms with Gasteiger partial charge in [0.05, 0.1) is 30.1 Å². The molecule has 8 nitrogen and oxygen atoms in total. The Labute approximate surface area is 238 Å². The number of likely N-dealkylation sites (tertiary alicyclic amines) is 1. The summed E-state index contributed by atoms with van der Waals surface area (Å²) in [5.74, 6) is -2.38. The van der Waals surface area contributed by atoms with Gasteiger partial charge in [-0.3, -0.25) is 14.4 Å². The fourth-order valence-corrected chi connectivity index (χ4v) is 7.34. The van der Waals surface area contributed by atoms with Crippen LogP contribution in [0.1, 0.15) is 53.4 Å². The van der Waals surface area contributed by atoms with E-state index in [9.17, 15) is 19.5 Å². The van der Waals surface area contributed by atoms with Gasteiger partial charge in [0, 0.05) is 25.3 Å². The minimum absolute atomic E-state index is 0.0696. The Bertz CT molecular complexity index is 1120. The van der Waals surface area contributed by atoms with Crippen molar-refractivity contribution in [2.75, 3.05) is 31.1 Å². The number of hydrogen-bond acceptors (Lipinski definition) is 5. The molecule has 3 amide bonds. The Kier molecular flexibility index (Phi) is 8.90. The Balaban J connectivity index is 1.85. The number of hydrogen-bond donors (Lipinski definition) is 1. The van der Waals surface area contributed by atoms with E-state index in [-0.39, 0.29) is 36.8 Å². The molecule has 0 aromatic heterocycles. The highest BCUT2D eigenvalue weighted by Crippen LogP contribution is 2.66. The summed E-state index contributed by atoms with van der Waals surface area (Å²) in [6.45, 7) is 16.5. The van der Waals surface area contributed by atoms with E-state index in [1.54, 1.807) is 26.9 Å². The molecule has 1 spiro atoms. The minimum Gasteiger partial charge on any atom is -0.394 e. The van der Waals surface area contributed by atoms with Crippen LogP contribution >= 0.6 is 0 Å². The first-order chi connectivity index (χ1) is 19.2. The Morgan fingerprint density at radius 2 is 1.85 bits per heavy atom. The van der Waals surface area contributed by atoms with Crippen molar-refractivity contribution in [2.45, 2.75) is 76.7 Å². The molecule has 1 aromatic rings. The third-order valence-corrected chi connectivity index (χ3v) is 9.42. The van der Waals surface area contributed by atoms with E-state index in [1.165, 1.54) is 0 Å². The summed E-state index contributed by atoms with van der Waals surface area (Å²) < 4.78 is 6.90. The zero-order valence-electron chi connectivity index (χ0n) is 24.4. The summed E-state index contributed by atoms with van der Waals surface area (Å²) in [5.41, 5.74) is -1.37. The number of nitrogens with zero attached hydrogens (tertiary/aromatic N) is 3. The molecule has 1 N–H and O–H groups in total. The van der Waals surface area contributed by atoms with E-state index >= 15 is 0 Å². The second kappa shape index (κ2) is 11.9. The van der Waals surface area contributed by atoms with Crippen LogP contribution in [0, 0.1) is 17.8 Å². The molecule has 2 bridgehead atoms. The first kappa shape index (κ1) is 30.0. The minimum atomic E-state index is -1.16. The van der Waals surface area contributed by atoms with Gasteiger partial charge in [0.1, 0.15) is 11.6 Å². The number of carbonyl (C=O) groups excluding carboxylic acids is 3. The first-order valence-electron chi connectivity index (χ1n) is 14.7. The van der Waals surface area contributed by atoms with Gasteiger partial charge in [0.2, 0.25) is 17.7 Å². The lowest BCUT2D eigenvalue weighted by Gasteiger charge is -2.39. The lowest BCUT2D eigenvalue weighted by molar-refractivity contribution is -0.155. The number of aliphatic hydroxyl groups is 1. The van der Waals surface area contributed by atoms with Gasteiger partial charge >= 0.3 is 0 Å². The second-order valence-electron chi connectivity index (χ2n) is 11.7. The lowest BCUT2D eigenvalue weighted by atomic mass is 9.62. The molecule has 0 aliphatic carbocycles. The molecule has 3 heterocycles. The fraction of sp³-hybridized carbons (Fsp3) is 0.594. The maximum Gasteiger partial charge on any atom is 0.248 e. The van der Waals surface area contributed by atoms with Gasteiger partial charge in [-0.2, -0.15) is 0 Å². The van der Waals surface area contributed by atoms with Crippen molar-refractivity contribution in [2.24, 2.45) is 17.8 Å². The number of rotatable bonds is 13. The molecule has 0 saturated carbocycles. The van der Waals surface area contributed by atoms with Gasteiger partial charge in [0.15, 0.2) is 0 Å². The summed E-state index contributed by atoms with van der Waals surface area (Å²) in [4.78, 5) is 48.4. The number of ether oxygens (including phenoxy) is 1. The maximum absolute atomic E-state index is 14.5. The highest BCUT2D eigenvalue weighted by Gasteiger charge is 2.80. The summed E-state index contributed by atoms with van der Waals surface area (Å²) >= 11 is 0. The molecule has 7 atom stereocenters. The number of amides is 3. The number of carbonyl (C=O) groups is 3. The number of aliphatic hydroxyl groups excluding tert-OH is 1. The van der Waals surface area contributed by atoms with Crippen molar-refractivity contribution in [3.8, 4) is 0 Å². The van der Waals surface area contributed by atoms with E-state index < -0.39 is 35.1 Å². The van der Waals surface area contributed by atoms with Crippen molar-refractivity contribution >= 4 is 23.4 Å². The van der Waals surface area contributed by atoms with E-state index in [2.05, 4.69) is 20.1 Å². The molecule has 3 saturated heterocycles. The van der Waals surface area contributed by atoms with Crippen molar-refractivity contribution in [3.63, 3.8) is 0 Å².